The third-order valence-electron chi connectivity index (χ3n) is 4.32. The maximum Gasteiger partial charge on any atom is 0.123 e. The molecule has 2 nitrogen and oxygen atoms in total. The summed E-state index contributed by atoms with van der Waals surface area (Å²) >= 11 is 0. The summed E-state index contributed by atoms with van der Waals surface area (Å²) in [6.07, 6.45) is 0. The van der Waals surface area contributed by atoms with Crippen molar-refractivity contribution in [1.29, 1.82) is 0 Å². The van der Waals surface area contributed by atoms with E-state index in [0.717, 1.165) is 31.7 Å². The molecule has 0 saturated carbocycles. The zero-order valence-electron chi connectivity index (χ0n) is 13.3. The number of halogens is 1. The van der Waals surface area contributed by atoms with Crippen molar-refractivity contribution < 1.29 is 4.39 Å². The number of aryl methyl sites for hydroxylation is 2. The van der Waals surface area contributed by atoms with Crippen LogP contribution in [0.4, 0.5) is 10.1 Å². The maximum atomic E-state index is 13.1. The van der Waals surface area contributed by atoms with Crippen LogP contribution in [-0.2, 0) is 6.54 Å². The zero-order valence-corrected chi connectivity index (χ0v) is 13.3. The molecule has 0 unspecified atom stereocenters. The molecule has 1 aliphatic rings. The molecule has 2 aromatic carbocycles. The Labute approximate surface area is 132 Å². The average Bonchev–Trinajstić information content (AvgIpc) is 2.44. The molecule has 1 saturated heterocycles. The quantitative estimate of drug-likeness (QED) is 0.906. The SMILES string of the molecule is Cc1ccc(N(Cc2ccc(F)cc2)CC2CNC2)c(C)c1. The van der Waals surface area contributed by atoms with Gasteiger partial charge in [0.2, 0.25) is 0 Å². The first kappa shape index (κ1) is 15.0. The summed E-state index contributed by atoms with van der Waals surface area (Å²) in [6.45, 7) is 8.32. The first-order chi connectivity index (χ1) is 10.6. The van der Waals surface area contributed by atoms with Gasteiger partial charge >= 0.3 is 0 Å². The highest BCUT2D eigenvalue weighted by atomic mass is 19.1. The van der Waals surface area contributed by atoms with Gasteiger partial charge in [-0.2, -0.15) is 0 Å². The van der Waals surface area contributed by atoms with Crippen LogP contribution in [0.1, 0.15) is 16.7 Å². The molecule has 0 amide bonds. The van der Waals surface area contributed by atoms with Gasteiger partial charge in [0.1, 0.15) is 5.82 Å². The van der Waals surface area contributed by atoms with Crippen LogP contribution in [0.3, 0.4) is 0 Å². The summed E-state index contributed by atoms with van der Waals surface area (Å²) in [4.78, 5) is 2.42. The molecule has 3 rings (SSSR count). The molecular formula is C19H23FN2. The molecule has 3 heteroatoms. The first-order valence-corrected chi connectivity index (χ1v) is 7.89. The molecule has 2 aromatic rings. The van der Waals surface area contributed by atoms with Crippen molar-refractivity contribution in [1.82, 2.24) is 5.32 Å². The predicted octanol–water partition coefficient (Wildman–Crippen LogP) is 3.67. The Morgan fingerprint density at radius 2 is 1.82 bits per heavy atom. The fourth-order valence-corrected chi connectivity index (χ4v) is 3.01. The lowest BCUT2D eigenvalue weighted by Crippen LogP contribution is -2.48. The number of nitrogens with zero attached hydrogens (tertiary/aromatic N) is 1. The Kier molecular flexibility index (Phi) is 4.44. The fourth-order valence-electron chi connectivity index (χ4n) is 3.01. The third kappa shape index (κ3) is 3.47. The van der Waals surface area contributed by atoms with E-state index in [1.54, 1.807) is 12.1 Å². The number of hydrogen-bond acceptors (Lipinski definition) is 2. The lowest BCUT2D eigenvalue weighted by molar-refractivity contribution is 0.348. The highest BCUT2D eigenvalue weighted by Gasteiger charge is 2.21. The molecule has 0 atom stereocenters. The van der Waals surface area contributed by atoms with E-state index in [0.29, 0.717) is 5.92 Å². The summed E-state index contributed by atoms with van der Waals surface area (Å²) < 4.78 is 13.1. The van der Waals surface area contributed by atoms with Gasteiger partial charge in [0, 0.05) is 37.8 Å². The van der Waals surface area contributed by atoms with Gasteiger partial charge in [-0.05, 0) is 43.2 Å². The lowest BCUT2D eigenvalue weighted by Gasteiger charge is -2.35. The van der Waals surface area contributed by atoms with Crippen LogP contribution in [0, 0.1) is 25.6 Å². The van der Waals surface area contributed by atoms with Gasteiger partial charge in [-0.15, -0.1) is 0 Å². The van der Waals surface area contributed by atoms with Crippen molar-refractivity contribution in [2.75, 3.05) is 24.5 Å². The maximum absolute atomic E-state index is 13.1. The minimum absolute atomic E-state index is 0.176. The Bertz CT molecular complexity index is 632. The van der Waals surface area contributed by atoms with Crippen molar-refractivity contribution in [3.63, 3.8) is 0 Å². The van der Waals surface area contributed by atoms with Crippen molar-refractivity contribution in [3.05, 3.63) is 65.0 Å². The van der Waals surface area contributed by atoms with E-state index in [2.05, 4.69) is 42.3 Å². The average molecular weight is 298 g/mol. The predicted molar refractivity (Wildman–Crippen MR) is 89.7 cm³/mol. The monoisotopic (exact) mass is 298 g/mol. The van der Waals surface area contributed by atoms with E-state index in [1.165, 1.54) is 16.8 Å². The summed E-state index contributed by atoms with van der Waals surface area (Å²) in [5.74, 6) is 0.520. The van der Waals surface area contributed by atoms with E-state index in [1.807, 2.05) is 12.1 Å². The third-order valence-corrected chi connectivity index (χ3v) is 4.32. The van der Waals surface area contributed by atoms with Crippen LogP contribution in [0.15, 0.2) is 42.5 Å². The van der Waals surface area contributed by atoms with Gasteiger partial charge in [-0.3, -0.25) is 0 Å². The second kappa shape index (κ2) is 6.49. The number of nitrogens with one attached hydrogen (secondary N) is 1. The number of hydrogen-bond donors (Lipinski definition) is 1. The number of rotatable bonds is 5. The topological polar surface area (TPSA) is 15.3 Å². The minimum Gasteiger partial charge on any atom is -0.367 e. The fraction of sp³-hybridized carbons (Fsp3) is 0.368. The van der Waals surface area contributed by atoms with Gasteiger partial charge in [-0.25, -0.2) is 4.39 Å². The van der Waals surface area contributed by atoms with Gasteiger partial charge in [0.25, 0.3) is 0 Å². The van der Waals surface area contributed by atoms with Gasteiger partial charge in [-0.1, -0.05) is 29.8 Å². The molecule has 116 valence electrons. The smallest absolute Gasteiger partial charge is 0.123 e. The molecule has 0 spiro atoms. The first-order valence-electron chi connectivity index (χ1n) is 7.89. The van der Waals surface area contributed by atoms with Gasteiger partial charge in [0.05, 0.1) is 0 Å². The zero-order chi connectivity index (χ0) is 15.5. The summed E-state index contributed by atoms with van der Waals surface area (Å²) in [5, 5.41) is 3.34. The molecule has 0 bridgehead atoms. The lowest BCUT2D eigenvalue weighted by atomic mass is 10.0. The summed E-state index contributed by atoms with van der Waals surface area (Å²) in [7, 11) is 0. The van der Waals surface area contributed by atoms with Crippen molar-refractivity contribution >= 4 is 5.69 Å². The van der Waals surface area contributed by atoms with E-state index < -0.39 is 0 Å². The molecule has 1 fully saturated rings. The van der Waals surface area contributed by atoms with Crippen LogP contribution < -0.4 is 10.2 Å². The van der Waals surface area contributed by atoms with Crippen LogP contribution >= 0.6 is 0 Å². The molecule has 0 aromatic heterocycles. The number of anilines is 1. The van der Waals surface area contributed by atoms with Crippen molar-refractivity contribution in [2.45, 2.75) is 20.4 Å². The highest BCUT2D eigenvalue weighted by Crippen LogP contribution is 2.25. The molecule has 0 aliphatic carbocycles. The Morgan fingerprint density at radius 3 is 2.41 bits per heavy atom. The number of benzene rings is 2. The van der Waals surface area contributed by atoms with Crippen LogP contribution in [0.2, 0.25) is 0 Å². The largest absolute Gasteiger partial charge is 0.367 e. The van der Waals surface area contributed by atoms with E-state index >= 15 is 0 Å². The Morgan fingerprint density at radius 1 is 1.09 bits per heavy atom. The van der Waals surface area contributed by atoms with Gasteiger partial charge in [0.15, 0.2) is 0 Å². The Hall–Kier alpha value is -1.87. The van der Waals surface area contributed by atoms with E-state index in [4.69, 9.17) is 0 Å². The molecule has 22 heavy (non-hydrogen) atoms. The van der Waals surface area contributed by atoms with E-state index in [9.17, 15) is 4.39 Å². The molecule has 0 radical (unpaired) electrons. The van der Waals surface area contributed by atoms with Crippen LogP contribution in [0.25, 0.3) is 0 Å². The standard InChI is InChI=1S/C19H23FN2/c1-14-3-8-19(15(2)9-14)22(13-17-10-21-11-17)12-16-4-6-18(20)7-5-16/h3-9,17,21H,10-13H2,1-2H3. The molecule has 1 N–H and O–H groups in total. The Balaban J connectivity index is 1.83. The highest BCUT2D eigenvalue weighted by molar-refractivity contribution is 5.55. The second-order valence-electron chi connectivity index (χ2n) is 6.32. The molecule has 1 heterocycles. The van der Waals surface area contributed by atoms with Crippen LogP contribution in [0.5, 0.6) is 0 Å². The molecular weight excluding hydrogens is 275 g/mol. The summed E-state index contributed by atoms with van der Waals surface area (Å²) in [5.41, 5.74) is 5.01. The van der Waals surface area contributed by atoms with Crippen LogP contribution in [-0.4, -0.2) is 19.6 Å². The van der Waals surface area contributed by atoms with E-state index in [-0.39, 0.29) is 5.82 Å². The normalized spacial score (nSPS) is 14.7. The van der Waals surface area contributed by atoms with Crippen molar-refractivity contribution in [3.8, 4) is 0 Å². The minimum atomic E-state index is -0.176. The second-order valence-corrected chi connectivity index (χ2v) is 6.32. The van der Waals surface area contributed by atoms with Gasteiger partial charge < -0.3 is 10.2 Å². The summed E-state index contributed by atoms with van der Waals surface area (Å²) in [6, 6.07) is 13.4. The molecule has 1 aliphatic heterocycles. The van der Waals surface area contributed by atoms with Crippen molar-refractivity contribution in [2.24, 2.45) is 5.92 Å².